The smallest absolute Gasteiger partial charge is 0.748 e. The van der Waals surface area contributed by atoms with Crippen LogP contribution in [-0.4, -0.2) is 18.8 Å². The summed E-state index contributed by atoms with van der Waals surface area (Å²) in [5.41, 5.74) is 1.39. The Kier molecular flexibility index (Phi) is 6.10. The van der Waals surface area contributed by atoms with Crippen molar-refractivity contribution in [2.45, 2.75) is 5.75 Å². The number of carbonyl (C=O) groups excluding carboxylic acids is 1. The summed E-state index contributed by atoms with van der Waals surface area (Å²) in [6, 6.07) is 14.8. The third-order valence-corrected chi connectivity index (χ3v) is 3.28. The van der Waals surface area contributed by atoms with Crippen molar-refractivity contribution in [1.29, 1.82) is 0 Å². The van der Waals surface area contributed by atoms with Crippen molar-refractivity contribution in [1.82, 2.24) is 0 Å². The number of rotatable bonds is 4. The van der Waals surface area contributed by atoms with E-state index < -0.39 is 15.9 Å². The summed E-state index contributed by atoms with van der Waals surface area (Å²) in [5.74, 6) is -0.704. The summed E-state index contributed by atoms with van der Waals surface area (Å²) in [5, 5.41) is 0. The number of benzene rings is 2. The molecule has 0 radical (unpaired) electrons. The van der Waals surface area contributed by atoms with Gasteiger partial charge in [0.05, 0.1) is 15.9 Å². The largest absolute Gasteiger partial charge is 1.00 e. The monoisotopic (exact) mass is 298 g/mol. The van der Waals surface area contributed by atoms with Crippen molar-refractivity contribution in [2.75, 3.05) is 0 Å². The SMILES string of the molecule is O=C(c1ccccc1)c1ccc(CS(=O)(=O)[O-])cc1.[Na+]. The zero-order valence-corrected chi connectivity index (χ0v) is 13.8. The van der Waals surface area contributed by atoms with Gasteiger partial charge >= 0.3 is 29.6 Å². The van der Waals surface area contributed by atoms with Gasteiger partial charge in [-0.3, -0.25) is 4.79 Å². The molecule has 2 rings (SSSR count). The molecule has 0 saturated heterocycles. The van der Waals surface area contributed by atoms with Crippen molar-refractivity contribution in [3.63, 3.8) is 0 Å². The Morgan fingerprint density at radius 1 is 0.900 bits per heavy atom. The van der Waals surface area contributed by atoms with Gasteiger partial charge in [0.2, 0.25) is 0 Å². The fourth-order valence-corrected chi connectivity index (χ4v) is 2.31. The van der Waals surface area contributed by atoms with E-state index in [1.165, 1.54) is 24.3 Å². The van der Waals surface area contributed by atoms with Crippen LogP contribution >= 0.6 is 0 Å². The van der Waals surface area contributed by atoms with Gasteiger partial charge in [-0.2, -0.15) is 0 Å². The zero-order valence-electron chi connectivity index (χ0n) is 10.9. The van der Waals surface area contributed by atoms with E-state index in [9.17, 15) is 17.8 Å². The quantitative estimate of drug-likeness (QED) is 0.411. The third kappa shape index (κ3) is 4.85. The predicted molar refractivity (Wildman–Crippen MR) is 69.7 cm³/mol. The molecule has 0 aliphatic carbocycles. The molecule has 0 spiro atoms. The second kappa shape index (κ2) is 7.15. The number of carbonyl (C=O) groups is 1. The molecular weight excluding hydrogens is 287 g/mol. The van der Waals surface area contributed by atoms with E-state index in [1.54, 1.807) is 24.3 Å². The van der Waals surface area contributed by atoms with Crippen LogP contribution in [0.15, 0.2) is 54.6 Å². The Morgan fingerprint density at radius 3 is 1.90 bits per heavy atom. The first-order valence-corrected chi connectivity index (χ1v) is 7.16. The van der Waals surface area contributed by atoms with E-state index in [-0.39, 0.29) is 35.3 Å². The van der Waals surface area contributed by atoms with E-state index in [0.29, 0.717) is 16.7 Å². The Morgan fingerprint density at radius 2 is 1.40 bits per heavy atom. The minimum absolute atomic E-state index is 0. The Balaban J connectivity index is 0.00000200. The molecule has 20 heavy (non-hydrogen) atoms. The maximum absolute atomic E-state index is 12.1. The summed E-state index contributed by atoms with van der Waals surface area (Å²) in [7, 11) is -4.30. The van der Waals surface area contributed by atoms with Crippen molar-refractivity contribution in [2.24, 2.45) is 0 Å². The van der Waals surface area contributed by atoms with E-state index in [2.05, 4.69) is 0 Å². The van der Waals surface area contributed by atoms with Crippen molar-refractivity contribution < 1.29 is 47.3 Å². The Bertz CT molecular complexity index is 679. The molecule has 0 fully saturated rings. The van der Waals surface area contributed by atoms with Crippen LogP contribution < -0.4 is 29.6 Å². The minimum Gasteiger partial charge on any atom is -0.748 e. The molecule has 0 aromatic heterocycles. The second-order valence-corrected chi connectivity index (χ2v) is 5.50. The van der Waals surface area contributed by atoms with Crippen LogP contribution in [0.5, 0.6) is 0 Å². The van der Waals surface area contributed by atoms with E-state index >= 15 is 0 Å². The summed E-state index contributed by atoms with van der Waals surface area (Å²) in [6.45, 7) is 0. The van der Waals surface area contributed by atoms with Crippen LogP contribution in [0.25, 0.3) is 0 Å². The van der Waals surface area contributed by atoms with Crippen LogP contribution in [-0.2, 0) is 15.9 Å². The van der Waals surface area contributed by atoms with E-state index in [1.807, 2.05) is 6.07 Å². The van der Waals surface area contributed by atoms with E-state index in [4.69, 9.17) is 0 Å². The topological polar surface area (TPSA) is 74.3 Å². The molecule has 0 heterocycles. The average Bonchev–Trinajstić information content (AvgIpc) is 2.38. The number of hydrogen-bond acceptors (Lipinski definition) is 4. The number of hydrogen-bond donors (Lipinski definition) is 0. The van der Waals surface area contributed by atoms with Gasteiger partial charge in [-0.1, -0.05) is 54.6 Å². The maximum atomic E-state index is 12.1. The molecule has 0 amide bonds. The van der Waals surface area contributed by atoms with Crippen molar-refractivity contribution in [3.05, 3.63) is 71.3 Å². The standard InChI is InChI=1S/C14H12O4S.Na/c15-14(12-4-2-1-3-5-12)13-8-6-11(7-9-13)10-19(16,17)18;/h1-9H,10H2,(H,16,17,18);/q;+1/p-1. The molecule has 0 aliphatic rings. The first kappa shape index (κ1) is 17.1. The third-order valence-electron chi connectivity index (χ3n) is 2.60. The van der Waals surface area contributed by atoms with Gasteiger partial charge in [0, 0.05) is 11.1 Å². The van der Waals surface area contributed by atoms with Crippen molar-refractivity contribution >= 4 is 15.9 Å². The maximum Gasteiger partial charge on any atom is 1.00 e. The molecule has 2 aromatic carbocycles. The molecule has 0 unspecified atom stereocenters. The number of ketones is 1. The molecule has 98 valence electrons. The summed E-state index contributed by atoms with van der Waals surface area (Å²) in [4.78, 5) is 12.1. The first-order valence-electron chi connectivity index (χ1n) is 5.58. The Hall–Kier alpha value is -0.980. The normalized spacial score (nSPS) is 10.7. The van der Waals surface area contributed by atoms with Gasteiger partial charge in [-0.15, -0.1) is 0 Å². The van der Waals surface area contributed by atoms with Crippen LogP contribution in [0.4, 0.5) is 0 Å². The Labute approximate surface area is 139 Å². The van der Waals surface area contributed by atoms with Gasteiger partial charge in [0.15, 0.2) is 5.78 Å². The van der Waals surface area contributed by atoms with Crippen LogP contribution in [0.2, 0.25) is 0 Å². The molecule has 0 N–H and O–H groups in total. The van der Waals surface area contributed by atoms with Gasteiger partial charge in [-0.25, -0.2) is 8.42 Å². The van der Waals surface area contributed by atoms with Gasteiger partial charge in [-0.05, 0) is 5.56 Å². The van der Waals surface area contributed by atoms with Gasteiger partial charge in [0.25, 0.3) is 0 Å². The molecule has 6 heteroatoms. The van der Waals surface area contributed by atoms with Crippen LogP contribution in [0.1, 0.15) is 21.5 Å². The van der Waals surface area contributed by atoms with Crippen LogP contribution in [0, 0.1) is 0 Å². The molecule has 0 aliphatic heterocycles. The summed E-state index contributed by atoms with van der Waals surface area (Å²) >= 11 is 0. The molecule has 0 saturated carbocycles. The fraction of sp³-hybridized carbons (Fsp3) is 0.0714. The first-order chi connectivity index (χ1) is 8.96. The summed E-state index contributed by atoms with van der Waals surface area (Å²) in [6.07, 6.45) is 0. The fourth-order valence-electron chi connectivity index (χ4n) is 1.71. The average molecular weight is 298 g/mol. The molecule has 2 aromatic rings. The van der Waals surface area contributed by atoms with E-state index in [0.717, 1.165) is 0 Å². The minimum atomic E-state index is -4.30. The predicted octanol–water partition coefficient (Wildman–Crippen LogP) is -1.03. The molecule has 0 bridgehead atoms. The zero-order chi connectivity index (χ0) is 13.9. The molecule has 0 atom stereocenters. The van der Waals surface area contributed by atoms with Gasteiger partial charge in [0.1, 0.15) is 0 Å². The molecular formula is C14H11NaO4S. The van der Waals surface area contributed by atoms with Crippen molar-refractivity contribution in [3.8, 4) is 0 Å². The van der Waals surface area contributed by atoms with Gasteiger partial charge < -0.3 is 4.55 Å². The second-order valence-electron chi connectivity index (χ2n) is 4.09. The molecule has 4 nitrogen and oxygen atoms in total. The summed E-state index contributed by atoms with van der Waals surface area (Å²) < 4.78 is 31.9. The van der Waals surface area contributed by atoms with Crippen LogP contribution in [0.3, 0.4) is 0 Å².